The summed E-state index contributed by atoms with van der Waals surface area (Å²) in [6.45, 7) is 0.0961. The molecular weight excluding hydrogens is 367 g/mol. The number of nitrogens with one attached hydrogen (secondary N) is 2. The molecule has 2 aromatic rings. The van der Waals surface area contributed by atoms with Gasteiger partial charge in [0.15, 0.2) is 0 Å². The van der Waals surface area contributed by atoms with Crippen LogP contribution in [0.1, 0.15) is 26.3 Å². The maximum atomic E-state index is 12.2. The van der Waals surface area contributed by atoms with Gasteiger partial charge in [-0.1, -0.05) is 6.07 Å². The van der Waals surface area contributed by atoms with E-state index in [0.717, 1.165) is 6.07 Å². The van der Waals surface area contributed by atoms with Crippen LogP contribution in [0.3, 0.4) is 0 Å². The van der Waals surface area contributed by atoms with E-state index in [1.165, 1.54) is 36.4 Å². The van der Waals surface area contributed by atoms with Gasteiger partial charge in [0.05, 0.1) is 4.92 Å². The second-order valence-electron chi connectivity index (χ2n) is 5.59. The molecule has 27 heavy (non-hydrogen) atoms. The molecule has 0 aromatic heterocycles. The van der Waals surface area contributed by atoms with Gasteiger partial charge in [0.25, 0.3) is 17.5 Å². The Morgan fingerprint density at radius 2 is 1.63 bits per heavy atom. The molecule has 0 saturated carbocycles. The number of alkyl halides is 3. The molecule has 0 heterocycles. The van der Waals surface area contributed by atoms with Crippen LogP contribution in [0.25, 0.3) is 0 Å². The summed E-state index contributed by atoms with van der Waals surface area (Å²) in [5.74, 6) is -1.51. The van der Waals surface area contributed by atoms with Crippen molar-refractivity contribution in [3.8, 4) is 0 Å². The standard InChI is InChI=1S/C17H14F3N3O4/c1-10-2-3-12(8-14(10)23(26)27)16(25)22-13-6-4-11(5-7-13)15(24)21-9-17(18,19)20/h2-8H,9H2,1H3,(H,21,24)(H,22,25). The van der Waals surface area contributed by atoms with Crippen molar-refractivity contribution in [3.63, 3.8) is 0 Å². The minimum atomic E-state index is -4.51. The van der Waals surface area contributed by atoms with Gasteiger partial charge < -0.3 is 10.6 Å². The third-order valence-electron chi connectivity index (χ3n) is 3.52. The Balaban J connectivity index is 2.06. The molecule has 0 fully saturated rings. The van der Waals surface area contributed by atoms with Crippen molar-refractivity contribution in [2.45, 2.75) is 13.1 Å². The molecule has 0 bridgehead atoms. The summed E-state index contributed by atoms with van der Waals surface area (Å²) in [6.07, 6.45) is -4.51. The number of hydrogen-bond donors (Lipinski definition) is 2. The van der Waals surface area contributed by atoms with Crippen molar-refractivity contribution in [2.75, 3.05) is 11.9 Å². The Hall–Kier alpha value is -3.43. The third kappa shape index (κ3) is 5.53. The Morgan fingerprint density at radius 3 is 2.19 bits per heavy atom. The number of nitrogens with zero attached hydrogens (tertiary/aromatic N) is 1. The topological polar surface area (TPSA) is 101 Å². The normalized spacial score (nSPS) is 11.0. The molecule has 2 rings (SSSR count). The Kier molecular flexibility index (Phi) is 5.78. The van der Waals surface area contributed by atoms with Crippen LogP contribution in [0, 0.1) is 17.0 Å². The first-order valence-corrected chi connectivity index (χ1v) is 7.58. The van der Waals surface area contributed by atoms with Crippen molar-refractivity contribution in [2.24, 2.45) is 0 Å². The second kappa shape index (κ2) is 7.85. The molecule has 0 radical (unpaired) electrons. The van der Waals surface area contributed by atoms with Crippen LogP contribution < -0.4 is 10.6 Å². The molecule has 0 spiro atoms. The van der Waals surface area contributed by atoms with Gasteiger partial charge >= 0.3 is 6.18 Å². The highest BCUT2D eigenvalue weighted by molar-refractivity contribution is 6.05. The van der Waals surface area contributed by atoms with Crippen LogP contribution >= 0.6 is 0 Å². The van der Waals surface area contributed by atoms with Crippen molar-refractivity contribution < 1.29 is 27.7 Å². The van der Waals surface area contributed by atoms with E-state index in [1.807, 2.05) is 0 Å². The number of anilines is 1. The Morgan fingerprint density at radius 1 is 1.04 bits per heavy atom. The lowest BCUT2D eigenvalue weighted by atomic mass is 10.1. The van der Waals surface area contributed by atoms with Crippen molar-refractivity contribution in [3.05, 3.63) is 69.3 Å². The summed E-state index contributed by atoms with van der Waals surface area (Å²) >= 11 is 0. The highest BCUT2D eigenvalue weighted by atomic mass is 19.4. The molecule has 0 aliphatic carbocycles. The van der Waals surface area contributed by atoms with Crippen LogP contribution in [-0.2, 0) is 0 Å². The molecule has 2 amide bonds. The summed E-state index contributed by atoms with van der Waals surface area (Å²) in [5, 5.41) is 15.2. The van der Waals surface area contributed by atoms with Gasteiger partial charge in [-0.25, -0.2) is 0 Å². The molecule has 0 saturated heterocycles. The Bertz CT molecular complexity index is 880. The fraction of sp³-hybridized carbons (Fsp3) is 0.176. The molecule has 7 nitrogen and oxygen atoms in total. The molecule has 10 heteroatoms. The number of rotatable bonds is 5. The molecule has 0 unspecified atom stereocenters. The lowest BCUT2D eigenvalue weighted by molar-refractivity contribution is -0.385. The van der Waals surface area contributed by atoms with E-state index < -0.39 is 29.5 Å². The van der Waals surface area contributed by atoms with Gasteiger partial charge in [-0.3, -0.25) is 19.7 Å². The first-order valence-electron chi connectivity index (χ1n) is 7.58. The SMILES string of the molecule is Cc1ccc(C(=O)Nc2ccc(C(=O)NCC(F)(F)F)cc2)cc1[N+](=O)[O-]. The maximum Gasteiger partial charge on any atom is 0.405 e. The summed E-state index contributed by atoms with van der Waals surface area (Å²) in [4.78, 5) is 34.2. The van der Waals surface area contributed by atoms with E-state index in [-0.39, 0.29) is 22.5 Å². The average Bonchev–Trinajstić information content (AvgIpc) is 2.59. The number of aryl methyl sites for hydroxylation is 1. The van der Waals surface area contributed by atoms with Gasteiger partial charge in [-0.05, 0) is 37.3 Å². The molecule has 2 aromatic carbocycles. The number of nitro benzene ring substituents is 1. The zero-order valence-corrected chi connectivity index (χ0v) is 14.0. The van der Waals surface area contributed by atoms with Crippen LogP contribution in [0.15, 0.2) is 42.5 Å². The van der Waals surface area contributed by atoms with Crippen LogP contribution in [-0.4, -0.2) is 29.5 Å². The lowest BCUT2D eigenvalue weighted by Gasteiger charge is -2.09. The van der Waals surface area contributed by atoms with Crippen molar-refractivity contribution >= 4 is 23.2 Å². The second-order valence-corrected chi connectivity index (χ2v) is 5.59. The largest absolute Gasteiger partial charge is 0.405 e. The molecule has 0 atom stereocenters. The van der Waals surface area contributed by atoms with E-state index in [2.05, 4.69) is 5.32 Å². The predicted octanol–water partition coefficient (Wildman–Crippen LogP) is 3.45. The summed E-state index contributed by atoms with van der Waals surface area (Å²) in [7, 11) is 0. The highest BCUT2D eigenvalue weighted by Crippen LogP contribution is 2.20. The number of amides is 2. The predicted molar refractivity (Wildman–Crippen MR) is 90.6 cm³/mol. The average molecular weight is 381 g/mol. The molecule has 142 valence electrons. The minimum Gasteiger partial charge on any atom is -0.343 e. The van der Waals surface area contributed by atoms with Gasteiger partial charge in [0, 0.05) is 28.4 Å². The number of halogens is 3. The first kappa shape index (κ1) is 19.9. The quantitative estimate of drug-likeness (QED) is 0.612. The number of nitro groups is 1. The van der Waals surface area contributed by atoms with Gasteiger partial charge in [0.2, 0.25) is 0 Å². The van der Waals surface area contributed by atoms with E-state index in [0.29, 0.717) is 5.56 Å². The molecule has 0 aliphatic heterocycles. The fourth-order valence-electron chi connectivity index (χ4n) is 2.14. The van der Waals surface area contributed by atoms with E-state index in [4.69, 9.17) is 0 Å². The van der Waals surface area contributed by atoms with Gasteiger partial charge in [-0.2, -0.15) is 13.2 Å². The third-order valence-corrected chi connectivity index (χ3v) is 3.52. The van der Waals surface area contributed by atoms with Crippen LogP contribution in [0.4, 0.5) is 24.5 Å². The molecule has 0 aliphatic rings. The zero-order valence-electron chi connectivity index (χ0n) is 14.0. The number of benzene rings is 2. The number of carbonyl (C=O) groups excluding carboxylic acids is 2. The highest BCUT2D eigenvalue weighted by Gasteiger charge is 2.27. The van der Waals surface area contributed by atoms with E-state index >= 15 is 0 Å². The number of hydrogen-bond acceptors (Lipinski definition) is 4. The Labute approximate surface area is 151 Å². The smallest absolute Gasteiger partial charge is 0.343 e. The van der Waals surface area contributed by atoms with E-state index in [1.54, 1.807) is 12.2 Å². The van der Waals surface area contributed by atoms with E-state index in [9.17, 15) is 32.9 Å². The summed E-state index contributed by atoms with van der Waals surface area (Å²) in [6, 6.07) is 9.19. The summed E-state index contributed by atoms with van der Waals surface area (Å²) < 4.78 is 36.3. The molecule has 2 N–H and O–H groups in total. The minimum absolute atomic E-state index is 0.0109. The van der Waals surface area contributed by atoms with Crippen LogP contribution in [0.5, 0.6) is 0 Å². The van der Waals surface area contributed by atoms with Crippen LogP contribution in [0.2, 0.25) is 0 Å². The fourth-order valence-corrected chi connectivity index (χ4v) is 2.14. The lowest BCUT2D eigenvalue weighted by Crippen LogP contribution is -2.33. The summed E-state index contributed by atoms with van der Waals surface area (Å²) in [5.41, 5.74) is 0.545. The van der Waals surface area contributed by atoms with Gasteiger partial charge in [0.1, 0.15) is 6.54 Å². The first-order chi connectivity index (χ1) is 12.6. The van der Waals surface area contributed by atoms with Crippen molar-refractivity contribution in [1.29, 1.82) is 0 Å². The monoisotopic (exact) mass is 381 g/mol. The number of carbonyl (C=O) groups is 2. The maximum absolute atomic E-state index is 12.2. The van der Waals surface area contributed by atoms with Gasteiger partial charge in [-0.15, -0.1) is 0 Å². The zero-order chi connectivity index (χ0) is 20.2. The molecular formula is C17H14F3N3O4. The van der Waals surface area contributed by atoms with Crippen molar-refractivity contribution in [1.82, 2.24) is 5.32 Å².